The van der Waals surface area contributed by atoms with Gasteiger partial charge in [0.1, 0.15) is 0 Å². The highest BCUT2D eigenvalue weighted by Crippen LogP contribution is 2.03. The van der Waals surface area contributed by atoms with Crippen LogP contribution in [-0.4, -0.2) is 18.8 Å². The molecular weight excluding hydrogens is 174 g/mol. The Morgan fingerprint density at radius 3 is 2.79 bits per heavy atom. The Morgan fingerprint density at radius 2 is 2.29 bits per heavy atom. The van der Waals surface area contributed by atoms with Gasteiger partial charge in [-0.2, -0.15) is 0 Å². The predicted molar refractivity (Wildman–Crippen MR) is 61.8 cm³/mol. The quantitative estimate of drug-likeness (QED) is 0.403. The number of rotatable bonds is 8. The molecule has 2 unspecified atom stereocenters. The van der Waals surface area contributed by atoms with E-state index in [1.807, 2.05) is 6.08 Å². The van der Waals surface area contributed by atoms with E-state index in [9.17, 15) is 0 Å². The van der Waals surface area contributed by atoms with Gasteiger partial charge in [0, 0.05) is 6.04 Å². The summed E-state index contributed by atoms with van der Waals surface area (Å²) in [5.74, 6) is 0. The summed E-state index contributed by atoms with van der Waals surface area (Å²) < 4.78 is 0. The predicted octanol–water partition coefficient (Wildman–Crippen LogP) is 1.11. The summed E-state index contributed by atoms with van der Waals surface area (Å²) >= 11 is 0. The molecule has 3 nitrogen and oxygen atoms in total. The van der Waals surface area contributed by atoms with Crippen LogP contribution in [0.4, 0.5) is 0 Å². The molecule has 0 saturated heterocycles. The van der Waals surface area contributed by atoms with Crippen LogP contribution >= 0.6 is 0 Å². The zero-order chi connectivity index (χ0) is 10.8. The van der Waals surface area contributed by atoms with E-state index in [1.54, 1.807) is 0 Å². The van der Waals surface area contributed by atoms with Gasteiger partial charge in [-0.25, -0.2) is 0 Å². The van der Waals surface area contributed by atoms with Crippen molar-refractivity contribution in [1.29, 1.82) is 0 Å². The Balaban J connectivity index is 3.88. The minimum Gasteiger partial charge on any atom is -0.330 e. The van der Waals surface area contributed by atoms with Crippen LogP contribution in [0.5, 0.6) is 0 Å². The van der Waals surface area contributed by atoms with E-state index in [1.165, 1.54) is 0 Å². The van der Waals surface area contributed by atoms with E-state index in [4.69, 9.17) is 11.5 Å². The smallest absolute Gasteiger partial charge is 0.0545 e. The van der Waals surface area contributed by atoms with Crippen molar-refractivity contribution in [2.45, 2.75) is 44.8 Å². The topological polar surface area (TPSA) is 64.1 Å². The molecule has 0 amide bonds. The molecule has 0 heterocycles. The Labute approximate surface area is 87.2 Å². The Morgan fingerprint density at radius 1 is 1.57 bits per heavy atom. The molecule has 0 aromatic rings. The van der Waals surface area contributed by atoms with Crippen LogP contribution in [0, 0.1) is 0 Å². The van der Waals surface area contributed by atoms with Crippen LogP contribution in [0.15, 0.2) is 18.4 Å². The maximum absolute atomic E-state index is 5.83. The van der Waals surface area contributed by atoms with Crippen molar-refractivity contribution in [2.24, 2.45) is 11.5 Å². The second-order valence-corrected chi connectivity index (χ2v) is 3.45. The number of hydrogen-bond acceptors (Lipinski definition) is 3. The highest BCUT2D eigenvalue weighted by Gasteiger charge is 2.08. The van der Waals surface area contributed by atoms with Gasteiger partial charge in [0.2, 0.25) is 0 Å². The fourth-order valence-corrected chi connectivity index (χ4v) is 1.28. The molecule has 0 aromatic carbocycles. The molecule has 0 aliphatic heterocycles. The van der Waals surface area contributed by atoms with Crippen LogP contribution in [0.3, 0.4) is 0 Å². The lowest BCUT2D eigenvalue weighted by molar-refractivity contribution is 0.401. The first-order valence-corrected chi connectivity index (χ1v) is 5.30. The lowest BCUT2D eigenvalue weighted by Gasteiger charge is -2.21. The molecule has 3 heteroatoms. The molecule has 0 rings (SSSR count). The zero-order valence-electron chi connectivity index (χ0n) is 9.13. The summed E-state index contributed by atoms with van der Waals surface area (Å²) in [5, 5.41) is 3.36. The van der Waals surface area contributed by atoms with Crippen LogP contribution in [0.1, 0.15) is 32.6 Å². The van der Waals surface area contributed by atoms with Gasteiger partial charge in [-0.3, -0.25) is 5.32 Å². The molecule has 2 atom stereocenters. The van der Waals surface area contributed by atoms with E-state index >= 15 is 0 Å². The summed E-state index contributed by atoms with van der Waals surface area (Å²) in [4.78, 5) is 0. The maximum Gasteiger partial charge on any atom is 0.0545 e. The van der Waals surface area contributed by atoms with Crippen molar-refractivity contribution < 1.29 is 0 Å². The van der Waals surface area contributed by atoms with Gasteiger partial charge in [-0.05, 0) is 38.3 Å². The van der Waals surface area contributed by atoms with Crippen molar-refractivity contribution in [1.82, 2.24) is 5.32 Å². The fraction of sp³-hybridized carbons (Fsp3) is 0.727. The molecule has 0 radical (unpaired) electrons. The van der Waals surface area contributed by atoms with Crippen LogP contribution < -0.4 is 16.8 Å². The van der Waals surface area contributed by atoms with Gasteiger partial charge in [0.25, 0.3) is 0 Å². The fourth-order valence-electron chi connectivity index (χ4n) is 1.28. The van der Waals surface area contributed by atoms with Gasteiger partial charge in [0.05, 0.1) is 6.17 Å². The first-order valence-electron chi connectivity index (χ1n) is 5.30. The van der Waals surface area contributed by atoms with E-state index in [2.05, 4.69) is 24.6 Å². The van der Waals surface area contributed by atoms with Crippen molar-refractivity contribution in [3.8, 4) is 0 Å². The number of nitrogens with two attached hydrogens (primary N) is 2. The first kappa shape index (κ1) is 13.4. The molecule has 0 aliphatic rings. The minimum absolute atomic E-state index is 0.0796. The molecule has 0 saturated carbocycles. The van der Waals surface area contributed by atoms with E-state index in [0.717, 1.165) is 32.2 Å². The minimum atomic E-state index is 0.0796. The van der Waals surface area contributed by atoms with Gasteiger partial charge in [-0.1, -0.05) is 13.5 Å². The third-order valence-corrected chi connectivity index (χ3v) is 2.19. The molecule has 0 aliphatic carbocycles. The normalized spacial score (nSPS) is 14.5. The Bertz CT molecular complexity index is 173. The Hall–Kier alpha value is -0.600. The lowest BCUT2D eigenvalue weighted by atomic mass is 10.1. The van der Waals surface area contributed by atoms with Crippen LogP contribution in [0.25, 0.3) is 0 Å². The molecular formula is C11H23N3. The molecule has 0 bridgehead atoms. The van der Waals surface area contributed by atoms with Crippen LogP contribution in [0.2, 0.25) is 0 Å². The second kappa shape index (κ2) is 8.97. The Kier molecular flexibility index (Phi) is 8.59. The average Bonchev–Trinajstić information content (AvgIpc) is 2.21. The molecule has 14 heavy (non-hydrogen) atoms. The summed E-state index contributed by atoms with van der Waals surface area (Å²) in [5.41, 5.74) is 14.1. The molecule has 82 valence electrons. The van der Waals surface area contributed by atoms with Gasteiger partial charge in [-0.15, -0.1) is 5.73 Å². The number of nitrogens with one attached hydrogen (secondary N) is 1. The standard InChI is InChI=1S/C11H23N3/c1-3-5-7-10(8-6-9-12)14-11(13)4-2/h5,10-11,14H,1,4,6-9,12-13H2,2H3. The molecule has 0 aromatic heterocycles. The summed E-state index contributed by atoms with van der Waals surface area (Å²) in [6, 6.07) is 0.405. The summed E-state index contributed by atoms with van der Waals surface area (Å²) in [7, 11) is 0. The molecule has 0 spiro atoms. The van der Waals surface area contributed by atoms with E-state index < -0.39 is 0 Å². The molecule has 5 N–H and O–H groups in total. The van der Waals surface area contributed by atoms with Crippen molar-refractivity contribution in [2.75, 3.05) is 6.54 Å². The van der Waals surface area contributed by atoms with Crippen LogP contribution in [-0.2, 0) is 0 Å². The first-order chi connectivity index (χ1) is 6.74. The highest BCUT2D eigenvalue weighted by molar-refractivity contribution is 4.83. The van der Waals surface area contributed by atoms with E-state index in [0.29, 0.717) is 6.04 Å². The van der Waals surface area contributed by atoms with Gasteiger partial charge < -0.3 is 11.5 Å². The summed E-state index contributed by atoms with van der Waals surface area (Å²) in [6.45, 7) is 6.35. The second-order valence-electron chi connectivity index (χ2n) is 3.45. The monoisotopic (exact) mass is 197 g/mol. The van der Waals surface area contributed by atoms with Gasteiger partial charge >= 0.3 is 0 Å². The van der Waals surface area contributed by atoms with Crippen molar-refractivity contribution in [3.05, 3.63) is 18.4 Å². The highest BCUT2D eigenvalue weighted by atomic mass is 15.0. The largest absolute Gasteiger partial charge is 0.330 e. The van der Waals surface area contributed by atoms with Gasteiger partial charge in [0.15, 0.2) is 0 Å². The summed E-state index contributed by atoms with van der Waals surface area (Å²) in [6.07, 6.45) is 5.97. The molecule has 0 fully saturated rings. The number of hydrogen-bond donors (Lipinski definition) is 3. The maximum atomic E-state index is 5.83. The zero-order valence-corrected chi connectivity index (χ0v) is 9.13. The SMILES string of the molecule is C=C=CCC(CCCN)NC(N)CC. The third-order valence-electron chi connectivity index (χ3n) is 2.19. The third kappa shape index (κ3) is 6.87. The van der Waals surface area contributed by atoms with E-state index in [-0.39, 0.29) is 6.17 Å². The lowest BCUT2D eigenvalue weighted by Crippen LogP contribution is -2.43. The van der Waals surface area contributed by atoms with Crippen molar-refractivity contribution in [3.63, 3.8) is 0 Å². The van der Waals surface area contributed by atoms with Crippen molar-refractivity contribution >= 4 is 0 Å². The average molecular weight is 197 g/mol.